The number of hydrogen-bond acceptors (Lipinski definition) is 4. The van der Waals surface area contributed by atoms with Gasteiger partial charge in [0.05, 0.1) is 12.7 Å². The molecule has 0 aliphatic heterocycles. The van der Waals surface area contributed by atoms with Crippen LogP contribution in [0.4, 0.5) is 0 Å². The van der Waals surface area contributed by atoms with Gasteiger partial charge in [-0.2, -0.15) is 5.26 Å². The molecule has 1 aliphatic rings. The maximum absolute atomic E-state index is 9.13. The lowest BCUT2D eigenvalue weighted by Crippen LogP contribution is -2.34. The predicted molar refractivity (Wildman–Crippen MR) is 96.5 cm³/mol. The van der Waals surface area contributed by atoms with E-state index in [1.807, 2.05) is 18.2 Å². The SMILES string of the molecule is CC(C)C1CC[C@H](C)C[C@@H]1OCc1cccc(-c2nn[nH]c2C#N)c1. The highest BCUT2D eigenvalue weighted by Gasteiger charge is 2.31. The molecule has 3 rings (SSSR count). The molecule has 1 heterocycles. The molecular formula is C20H26N4O. The third kappa shape index (κ3) is 4.08. The van der Waals surface area contributed by atoms with Gasteiger partial charge in [0.25, 0.3) is 0 Å². The van der Waals surface area contributed by atoms with Gasteiger partial charge in [0.2, 0.25) is 0 Å². The normalized spacial score (nSPS) is 23.6. The second kappa shape index (κ2) is 7.79. The van der Waals surface area contributed by atoms with Crippen molar-refractivity contribution in [2.75, 3.05) is 0 Å². The molecule has 132 valence electrons. The molecule has 0 saturated heterocycles. The van der Waals surface area contributed by atoms with E-state index in [0.29, 0.717) is 35.9 Å². The van der Waals surface area contributed by atoms with Crippen LogP contribution in [0.3, 0.4) is 0 Å². The summed E-state index contributed by atoms with van der Waals surface area (Å²) in [4.78, 5) is 0. The molecule has 0 amide bonds. The zero-order chi connectivity index (χ0) is 17.8. The molecule has 0 bridgehead atoms. The quantitative estimate of drug-likeness (QED) is 0.881. The van der Waals surface area contributed by atoms with Crippen LogP contribution < -0.4 is 0 Å². The predicted octanol–water partition coefficient (Wildman–Crippen LogP) is 4.32. The Hall–Kier alpha value is -2.19. The first-order valence-corrected chi connectivity index (χ1v) is 9.10. The van der Waals surface area contributed by atoms with Gasteiger partial charge in [-0.15, -0.1) is 5.10 Å². The third-order valence-corrected chi connectivity index (χ3v) is 5.29. The van der Waals surface area contributed by atoms with Gasteiger partial charge in [0.1, 0.15) is 11.8 Å². The summed E-state index contributed by atoms with van der Waals surface area (Å²) in [6.07, 6.45) is 4.04. The Labute approximate surface area is 149 Å². The largest absolute Gasteiger partial charge is 0.373 e. The first kappa shape index (κ1) is 17.6. The lowest BCUT2D eigenvalue weighted by atomic mass is 9.75. The monoisotopic (exact) mass is 338 g/mol. The van der Waals surface area contributed by atoms with Crippen molar-refractivity contribution in [1.29, 1.82) is 5.26 Å². The number of ether oxygens (including phenoxy) is 1. The highest BCUT2D eigenvalue weighted by atomic mass is 16.5. The summed E-state index contributed by atoms with van der Waals surface area (Å²) in [5.41, 5.74) is 2.98. The summed E-state index contributed by atoms with van der Waals surface area (Å²) >= 11 is 0. The van der Waals surface area contributed by atoms with Gasteiger partial charge < -0.3 is 4.74 Å². The Kier molecular flexibility index (Phi) is 5.50. The van der Waals surface area contributed by atoms with Crippen LogP contribution in [0.5, 0.6) is 0 Å². The lowest BCUT2D eigenvalue weighted by Gasteiger charge is -2.37. The molecule has 2 aromatic rings. The van der Waals surface area contributed by atoms with Gasteiger partial charge >= 0.3 is 0 Å². The molecular weight excluding hydrogens is 312 g/mol. The van der Waals surface area contributed by atoms with Crippen LogP contribution in [0.1, 0.15) is 51.3 Å². The fourth-order valence-electron chi connectivity index (χ4n) is 3.83. The molecule has 1 aromatic carbocycles. The van der Waals surface area contributed by atoms with E-state index in [-0.39, 0.29) is 0 Å². The smallest absolute Gasteiger partial charge is 0.163 e. The number of nitrogens with one attached hydrogen (secondary N) is 1. The number of hydrogen-bond donors (Lipinski definition) is 1. The van der Waals surface area contributed by atoms with Gasteiger partial charge in [0, 0.05) is 5.56 Å². The van der Waals surface area contributed by atoms with E-state index in [1.54, 1.807) is 0 Å². The second-order valence-corrected chi connectivity index (χ2v) is 7.52. The molecule has 25 heavy (non-hydrogen) atoms. The molecule has 1 unspecified atom stereocenters. The summed E-state index contributed by atoms with van der Waals surface area (Å²) in [6.45, 7) is 7.51. The Morgan fingerprint density at radius 3 is 2.96 bits per heavy atom. The Balaban J connectivity index is 1.71. The van der Waals surface area contributed by atoms with Crippen molar-refractivity contribution in [3.05, 3.63) is 35.5 Å². The molecule has 0 radical (unpaired) electrons. The van der Waals surface area contributed by atoms with E-state index in [2.05, 4.69) is 48.3 Å². The van der Waals surface area contributed by atoms with Gasteiger partial charge in [-0.05, 0) is 42.2 Å². The Morgan fingerprint density at radius 1 is 1.36 bits per heavy atom. The Bertz CT molecular complexity index is 746. The maximum Gasteiger partial charge on any atom is 0.163 e. The zero-order valence-electron chi connectivity index (χ0n) is 15.2. The molecule has 1 saturated carbocycles. The van der Waals surface area contributed by atoms with E-state index >= 15 is 0 Å². The van der Waals surface area contributed by atoms with Crippen LogP contribution >= 0.6 is 0 Å². The topological polar surface area (TPSA) is 74.6 Å². The number of benzene rings is 1. The number of H-pyrrole nitrogens is 1. The standard InChI is InChI=1S/C20H26N4O/c1-13(2)17-8-7-14(3)9-19(17)25-12-15-5-4-6-16(10-15)20-18(11-21)22-24-23-20/h4-6,10,13-14,17,19H,7-9,12H2,1-3H3,(H,22,23,24)/t14-,17?,19-/m0/s1. The minimum Gasteiger partial charge on any atom is -0.373 e. The summed E-state index contributed by atoms with van der Waals surface area (Å²) in [7, 11) is 0. The number of rotatable bonds is 5. The van der Waals surface area contributed by atoms with E-state index in [0.717, 1.165) is 23.5 Å². The first-order chi connectivity index (χ1) is 12.1. The third-order valence-electron chi connectivity index (χ3n) is 5.29. The van der Waals surface area contributed by atoms with Crippen LogP contribution in [0.15, 0.2) is 24.3 Å². The molecule has 1 fully saturated rings. The minimum absolute atomic E-state index is 0.328. The van der Waals surface area contributed by atoms with Crippen LogP contribution in [0.2, 0.25) is 0 Å². The van der Waals surface area contributed by atoms with E-state index in [1.165, 1.54) is 12.8 Å². The van der Waals surface area contributed by atoms with E-state index in [4.69, 9.17) is 10.00 Å². The average molecular weight is 338 g/mol. The van der Waals surface area contributed by atoms with Gasteiger partial charge in [-0.1, -0.05) is 50.6 Å². The van der Waals surface area contributed by atoms with E-state index < -0.39 is 0 Å². The number of aromatic amines is 1. The van der Waals surface area contributed by atoms with Crippen molar-refractivity contribution in [1.82, 2.24) is 15.4 Å². The van der Waals surface area contributed by atoms with Crippen molar-refractivity contribution in [2.24, 2.45) is 17.8 Å². The first-order valence-electron chi connectivity index (χ1n) is 9.10. The molecule has 1 aliphatic carbocycles. The summed E-state index contributed by atoms with van der Waals surface area (Å²) < 4.78 is 6.33. The molecule has 1 aromatic heterocycles. The van der Waals surface area contributed by atoms with Crippen LogP contribution in [-0.2, 0) is 11.3 Å². The lowest BCUT2D eigenvalue weighted by molar-refractivity contribution is -0.0472. The van der Waals surface area contributed by atoms with Gasteiger partial charge in [-0.25, -0.2) is 5.10 Å². The summed E-state index contributed by atoms with van der Waals surface area (Å²) in [6, 6.07) is 10.1. The molecule has 5 heteroatoms. The van der Waals surface area contributed by atoms with Crippen molar-refractivity contribution in [3.63, 3.8) is 0 Å². The fraction of sp³-hybridized carbons (Fsp3) is 0.550. The van der Waals surface area contributed by atoms with Crippen LogP contribution in [0.25, 0.3) is 11.3 Å². The van der Waals surface area contributed by atoms with Gasteiger partial charge in [0.15, 0.2) is 5.69 Å². The second-order valence-electron chi connectivity index (χ2n) is 7.52. The van der Waals surface area contributed by atoms with Crippen LogP contribution in [0, 0.1) is 29.1 Å². The summed E-state index contributed by atoms with van der Waals surface area (Å²) in [5.74, 6) is 2.02. The fourth-order valence-corrected chi connectivity index (χ4v) is 3.83. The van der Waals surface area contributed by atoms with Crippen molar-refractivity contribution in [3.8, 4) is 17.3 Å². The van der Waals surface area contributed by atoms with Crippen LogP contribution in [-0.4, -0.2) is 21.5 Å². The van der Waals surface area contributed by atoms with E-state index in [9.17, 15) is 0 Å². The average Bonchev–Trinajstić information content (AvgIpc) is 3.09. The zero-order valence-corrected chi connectivity index (χ0v) is 15.2. The minimum atomic E-state index is 0.328. The van der Waals surface area contributed by atoms with Gasteiger partial charge in [-0.3, -0.25) is 0 Å². The highest BCUT2D eigenvalue weighted by Crippen LogP contribution is 2.35. The molecule has 1 N–H and O–H groups in total. The highest BCUT2D eigenvalue weighted by molar-refractivity contribution is 5.64. The molecule has 5 nitrogen and oxygen atoms in total. The Morgan fingerprint density at radius 2 is 2.20 bits per heavy atom. The van der Waals surface area contributed by atoms with Crippen molar-refractivity contribution >= 4 is 0 Å². The maximum atomic E-state index is 9.13. The number of nitrogens with zero attached hydrogens (tertiary/aromatic N) is 3. The summed E-state index contributed by atoms with van der Waals surface area (Å²) in [5, 5.41) is 19.5. The number of aromatic nitrogens is 3. The van der Waals surface area contributed by atoms with Crippen molar-refractivity contribution < 1.29 is 4.74 Å². The molecule has 0 spiro atoms. The molecule has 3 atom stereocenters. The van der Waals surface area contributed by atoms with Crippen molar-refractivity contribution in [2.45, 2.75) is 52.7 Å². The number of nitriles is 1.